The average Bonchev–Trinajstić information content (AvgIpc) is 2.66. The fourth-order valence-electron chi connectivity index (χ4n) is 1.95. The van der Waals surface area contributed by atoms with Crippen LogP contribution in [0.15, 0.2) is 46.9 Å². The highest BCUT2D eigenvalue weighted by Gasteiger charge is 2.09. The van der Waals surface area contributed by atoms with Gasteiger partial charge in [-0.05, 0) is 58.5 Å². The van der Waals surface area contributed by atoms with Crippen LogP contribution < -0.4 is 0 Å². The minimum Gasteiger partial charge on any atom is -0.330 e. The lowest BCUT2D eigenvalue weighted by Crippen LogP contribution is -1.94. The number of aromatic amines is 1. The van der Waals surface area contributed by atoms with Gasteiger partial charge in [0.25, 0.3) is 0 Å². The van der Waals surface area contributed by atoms with Crippen LogP contribution in [0.25, 0.3) is 16.7 Å². The van der Waals surface area contributed by atoms with Crippen LogP contribution in [0.3, 0.4) is 0 Å². The molecule has 1 N–H and O–H groups in total. The maximum Gasteiger partial charge on any atom is 0.182 e. The maximum atomic E-state index is 6.05. The Hall–Kier alpha value is -1.10. The van der Waals surface area contributed by atoms with Gasteiger partial charge in [-0.1, -0.05) is 23.7 Å². The van der Waals surface area contributed by atoms with E-state index in [0.717, 1.165) is 21.2 Å². The molecule has 0 bridgehead atoms. The molecule has 0 spiro atoms. The number of aromatic nitrogens is 2. The number of imidazole rings is 1. The lowest BCUT2D eigenvalue weighted by atomic mass is 10.3. The fourth-order valence-corrected chi connectivity index (χ4v) is 2.88. The van der Waals surface area contributed by atoms with Gasteiger partial charge in [-0.25, -0.2) is 0 Å². The van der Waals surface area contributed by atoms with Gasteiger partial charge in [0.1, 0.15) is 0 Å². The SMILES string of the molecule is S=c1[nH]c2ccc(Cl)cc2n1-c1ccccc1Br. The molecule has 0 atom stereocenters. The Labute approximate surface area is 122 Å². The largest absolute Gasteiger partial charge is 0.330 e. The molecule has 0 saturated carbocycles. The van der Waals surface area contributed by atoms with E-state index in [1.807, 2.05) is 47.0 Å². The van der Waals surface area contributed by atoms with Crippen molar-refractivity contribution in [3.63, 3.8) is 0 Å². The molecule has 0 aliphatic carbocycles. The normalized spacial score (nSPS) is 11.0. The van der Waals surface area contributed by atoms with Gasteiger partial charge in [-0.2, -0.15) is 0 Å². The van der Waals surface area contributed by atoms with E-state index in [2.05, 4.69) is 20.9 Å². The Balaban J connectivity index is 2.42. The molecule has 2 nitrogen and oxygen atoms in total. The van der Waals surface area contributed by atoms with E-state index in [9.17, 15) is 0 Å². The number of nitrogens with zero attached hydrogens (tertiary/aromatic N) is 1. The second-order valence-electron chi connectivity index (χ2n) is 3.88. The quantitative estimate of drug-likeness (QED) is 0.611. The first-order chi connectivity index (χ1) is 8.66. The van der Waals surface area contributed by atoms with Gasteiger partial charge >= 0.3 is 0 Å². The Morgan fingerprint density at radius 3 is 2.72 bits per heavy atom. The molecular weight excluding hydrogens is 332 g/mol. The molecule has 1 aromatic heterocycles. The molecule has 0 aliphatic heterocycles. The van der Waals surface area contributed by atoms with E-state index in [1.54, 1.807) is 0 Å². The predicted molar refractivity (Wildman–Crippen MR) is 81.2 cm³/mol. The van der Waals surface area contributed by atoms with Gasteiger partial charge in [0.15, 0.2) is 4.77 Å². The zero-order chi connectivity index (χ0) is 12.7. The van der Waals surface area contributed by atoms with Crippen LogP contribution in [-0.4, -0.2) is 9.55 Å². The lowest BCUT2D eigenvalue weighted by Gasteiger charge is -2.06. The van der Waals surface area contributed by atoms with Crippen molar-refractivity contribution < 1.29 is 0 Å². The molecule has 18 heavy (non-hydrogen) atoms. The van der Waals surface area contributed by atoms with E-state index < -0.39 is 0 Å². The zero-order valence-electron chi connectivity index (χ0n) is 9.15. The Morgan fingerprint density at radius 1 is 1.17 bits per heavy atom. The minimum atomic E-state index is 0.652. The summed E-state index contributed by atoms with van der Waals surface area (Å²) in [6, 6.07) is 13.6. The summed E-state index contributed by atoms with van der Waals surface area (Å²) in [5, 5.41) is 0.692. The molecule has 5 heteroatoms. The van der Waals surface area contributed by atoms with Gasteiger partial charge in [0.05, 0.1) is 16.7 Å². The molecule has 0 fully saturated rings. The smallest absolute Gasteiger partial charge is 0.182 e. The van der Waals surface area contributed by atoms with Crippen molar-refractivity contribution in [1.29, 1.82) is 0 Å². The van der Waals surface area contributed by atoms with E-state index >= 15 is 0 Å². The summed E-state index contributed by atoms with van der Waals surface area (Å²) in [5.74, 6) is 0. The number of hydrogen-bond donors (Lipinski definition) is 1. The first-order valence-electron chi connectivity index (χ1n) is 5.32. The summed E-state index contributed by atoms with van der Waals surface area (Å²) in [7, 11) is 0. The number of rotatable bonds is 1. The van der Waals surface area contributed by atoms with Gasteiger partial charge < -0.3 is 4.98 Å². The van der Waals surface area contributed by atoms with E-state index in [0.29, 0.717) is 9.79 Å². The molecule has 0 amide bonds. The predicted octanol–water partition coefficient (Wildman–Crippen LogP) is 5.10. The zero-order valence-corrected chi connectivity index (χ0v) is 12.3. The van der Waals surface area contributed by atoms with Crippen molar-refractivity contribution in [3.8, 4) is 5.69 Å². The van der Waals surface area contributed by atoms with Crippen LogP contribution in [0.5, 0.6) is 0 Å². The molecule has 3 aromatic rings. The third-order valence-electron chi connectivity index (χ3n) is 2.74. The summed E-state index contributed by atoms with van der Waals surface area (Å²) in [5.41, 5.74) is 2.94. The summed E-state index contributed by atoms with van der Waals surface area (Å²) in [4.78, 5) is 3.18. The third-order valence-corrected chi connectivity index (χ3v) is 3.93. The summed E-state index contributed by atoms with van der Waals surface area (Å²) < 4.78 is 3.61. The second kappa shape index (κ2) is 4.53. The maximum absolute atomic E-state index is 6.05. The summed E-state index contributed by atoms with van der Waals surface area (Å²) >= 11 is 15.0. The van der Waals surface area contributed by atoms with Crippen molar-refractivity contribution in [2.45, 2.75) is 0 Å². The number of fused-ring (bicyclic) bond motifs is 1. The molecular formula is C13H8BrClN2S. The number of benzene rings is 2. The Morgan fingerprint density at radius 2 is 1.94 bits per heavy atom. The van der Waals surface area contributed by atoms with Gasteiger partial charge in [0.2, 0.25) is 0 Å². The standard InChI is InChI=1S/C13H8BrClN2S/c14-9-3-1-2-4-11(9)17-12-7-8(15)5-6-10(12)16-13(17)18/h1-7H,(H,16,18). The van der Waals surface area contributed by atoms with Crippen LogP contribution >= 0.6 is 39.7 Å². The number of halogens is 2. The number of H-pyrrole nitrogens is 1. The lowest BCUT2D eigenvalue weighted by molar-refractivity contribution is 1.06. The first kappa shape index (κ1) is 12.0. The monoisotopic (exact) mass is 338 g/mol. The molecule has 0 radical (unpaired) electrons. The van der Waals surface area contributed by atoms with Gasteiger partial charge in [-0.15, -0.1) is 0 Å². The van der Waals surface area contributed by atoms with Gasteiger partial charge in [0, 0.05) is 9.50 Å². The van der Waals surface area contributed by atoms with Crippen molar-refractivity contribution in [1.82, 2.24) is 9.55 Å². The molecule has 1 heterocycles. The van der Waals surface area contributed by atoms with Crippen LogP contribution in [0, 0.1) is 4.77 Å². The van der Waals surface area contributed by atoms with Crippen molar-refractivity contribution in [2.75, 3.05) is 0 Å². The van der Waals surface area contributed by atoms with Crippen molar-refractivity contribution in [3.05, 3.63) is 56.7 Å². The second-order valence-corrected chi connectivity index (χ2v) is 5.56. The molecule has 0 unspecified atom stereocenters. The van der Waals surface area contributed by atoms with E-state index in [1.165, 1.54) is 0 Å². The third kappa shape index (κ3) is 1.90. The van der Waals surface area contributed by atoms with Crippen molar-refractivity contribution >= 4 is 50.8 Å². The minimum absolute atomic E-state index is 0.652. The van der Waals surface area contributed by atoms with Crippen LogP contribution in [0.2, 0.25) is 5.02 Å². The average molecular weight is 340 g/mol. The number of hydrogen-bond acceptors (Lipinski definition) is 1. The highest BCUT2D eigenvalue weighted by atomic mass is 79.9. The molecule has 2 aromatic carbocycles. The van der Waals surface area contributed by atoms with Gasteiger partial charge in [-0.3, -0.25) is 4.57 Å². The molecule has 0 aliphatic rings. The number of para-hydroxylation sites is 1. The Bertz CT molecular complexity index is 791. The summed E-state index contributed by atoms with van der Waals surface area (Å²) in [6.07, 6.45) is 0. The van der Waals surface area contributed by atoms with E-state index in [-0.39, 0.29) is 0 Å². The van der Waals surface area contributed by atoms with E-state index in [4.69, 9.17) is 23.8 Å². The van der Waals surface area contributed by atoms with Crippen LogP contribution in [0.4, 0.5) is 0 Å². The first-order valence-corrected chi connectivity index (χ1v) is 6.90. The topological polar surface area (TPSA) is 20.7 Å². The van der Waals surface area contributed by atoms with Crippen LogP contribution in [0.1, 0.15) is 0 Å². The fraction of sp³-hybridized carbons (Fsp3) is 0. The molecule has 3 rings (SSSR count). The number of nitrogens with one attached hydrogen (secondary N) is 1. The van der Waals surface area contributed by atoms with Crippen LogP contribution in [-0.2, 0) is 0 Å². The molecule has 90 valence electrons. The summed E-state index contributed by atoms with van der Waals surface area (Å²) in [6.45, 7) is 0. The highest BCUT2D eigenvalue weighted by Crippen LogP contribution is 2.27. The molecule has 0 saturated heterocycles. The van der Waals surface area contributed by atoms with Crippen molar-refractivity contribution in [2.24, 2.45) is 0 Å². The highest BCUT2D eigenvalue weighted by molar-refractivity contribution is 9.10. The Kier molecular flexibility index (Phi) is 3.01.